The molecule has 0 bridgehead atoms. The Morgan fingerprint density at radius 2 is 1.96 bits per heavy atom. The number of anilines is 1. The number of hydrogen-bond donors (Lipinski definition) is 2. The van der Waals surface area contributed by atoms with Gasteiger partial charge in [0.1, 0.15) is 0 Å². The molecule has 1 saturated carbocycles. The second kappa shape index (κ2) is 6.60. The van der Waals surface area contributed by atoms with E-state index in [1.807, 2.05) is 19.1 Å². The van der Waals surface area contributed by atoms with E-state index in [0.29, 0.717) is 11.3 Å². The van der Waals surface area contributed by atoms with Gasteiger partial charge in [-0.25, -0.2) is 0 Å². The van der Waals surface area contributed by atoms with E-state index in [-0.39, 0.29) is 24.3 Å². The predicted octanol–water partition coefficient (Wildman–Crippen LogP) is 2.46. The predicted molar refractivity (Wildman–Crippen MR) is 88.2 cm³/mol. The third-order valence-electron chi connectivity index (χ3n) is 3.70. The normalized spacial score (nSPS) is 13.4. The lowest BCUT2D eigenvalue weighted by Gasteiger charge is -2.11. The Kier molecular flexibility index (Phi) is 4.37. The minimum absolute atomic E-state index is 0.139. The molecule has 0 saturated heterocycles. The molecule has 1 fully saturated rings. The lowest BCUT2D eigenvalue weighted by Crippen LogP contribution is -2.27. The third-order valence-corrected chi connectivity index (χ3v) is 3.70. The molecule has 0 unspecified atom stereocenters. The standard InChI is InChI=1S/C18H19N3O2/c1-12-6-7-13(11-19-12)10-17(22)21-16-5-3-2-4-15(16)18(23)20-14-8-9-14/h2-7,11,14H,8-10H2,1H3,(H,20,23)(H,21,22). The SMILES string of the molecule is Cc1ccc(CC(=O)Nc2ccccc2C(=O)NC2CC2)cn1. The van der Waals surface area contributed by atoms with Crippen LogP contribution in [0.25, 0.3) is 0 Å². The molecule has 23 heavy (non-hydrogen) atoms. The largest absolute Gasteiger partial charge is 0.349 e. The summed E-state index contributed by atoms with van der Waals surface area (Å²) in [6.45, 7) is 1.90. The molecule has 2 N–H and O–H groups in total. The highest BCUT2D eigenvalue weighted by atomic mass is 16.2. The maximum absolute atomic E-state index is 12.2. The van der Waals surface area contributed by atoms with Crippen molar-refractivity contribution in [3.05, 3.63) is 59.4 Å². The molecule has 1 heterocycles. The Hall–Kier alpha value is -2.69. The summed E-state index contributed by atoms with van der Waals surface area (Å²) in [4.78, 5) is 28.6. The van der Waals surface area contributed by atoms with Crippen LogP contribution in [0.5, 0.6) is 0 Å². The van der Waals surface area contributed by atoms with E-state index in [2.05, 4.69) is 15.6 Å². The number of nitrogens with zero attached hydrogens (tertiary/aromatic N) is 1. The topological polar surface area (TPSA) is 71.1 Å². The molecule has 5 nitrogen and oxygen atoms in total. The molecule has 2 amide bonds. The van der Waals surface area contributed by atoms with Crippen molar-refractivity contribution in [2.75, 3.05) is 5.32 Å². The molecule has 1 aliphatic rings. The fraction of sp³-hybridized carbons (Fsp3) is 0.278. The van der Waals surface area contributed by atoms with Gasteiger partial charge in [0.25, 0.3) is 5.91 Å². The monoisotopic (exact) mass is 309 g/mol. The highest BCUT2D eigenvalue weighted by Gasteiger charge is 2.24. The molecule has 3 rings (SSSR count). The quantitative estimate of drug-likeness (QED) is 0.891. The molecule has 2 aromatic rings. The Bertz CT molecular complexity index is 721. The van der Waals surface area contributed by atoms with E-state index in [1.54, 1.807) is 30.5 Å². The highest BCUT2D eigenvalue weighted by molar-refractivity contribution is 6.04. The van der Waals surface area contributed by atoms with Gasteiger partial charge in [-0.2, -0.15) is 0 Å². The first-order valence-corrected chi connectivity index (χ1v) is 7.73. The van der Waals surface area contributed by atoms with Crippen molar-refractivity contribution in [3.8, 4) is 0 Å². The number of aryl methyl sites for hydroxylation is 1. The smallest absolute Gasteiger partial charge is 0.253 e. The van der Waals surface area contributed by atoms with Crippen molar-refractivity contribution in [2.45, 2.75) is 32.2 Å². The number of benzene rings is 1. The van der Waals surface area contributed by atoms with Gasteiger partial charge in [0.2, 0.25) is 5.91 Å². The van der Waals surface area contributed by atoms with Crippen LogP contribution < -0.4 is 10.6 Å². The number of hydrogen-bond acceptors (Lipinski definition) is 3. The molecule has 0 atom stereocenters. The molecule has 1 aromatic carbocycles. The Morgan fingerprint density at radius 1 is 1.17 bits per heavy atom. The second-order valence-electron chi connectivity index (χ2n) is 5.83. The van der Waals surface area contributed by atoms with E-state index in [9.17, 15) is 9.59 Å². The Labute approximate surface area is 135 Å². The maximum atomic E-state index is 12.2. The van der Waals surface area contributed by atoms with Gasteiger partial charge < -0.3 is 10.6 Å². The van der Waals surface area contributed by atoms with Crippen molar-refractivity contribution in [3.63, 3.8) is 0 Å². The maximum Gasteiger partial charge on any atom is 0.253 e. The minimum atomic E-state index is -0.165. The van der Waals surface area contributed by atoms with Gasteiger partial charge in [-0.15, -0.1) is 0 Å². The van der Waals surface area contributed by atoms with Gasteiger partial charge in [-0.3, -0.25) is 14.6 Å². The van der Waals surface area contributed by atoms with Gasteiger partial charge in [-0.1, -0.05) is 18.2 Å². The van der Waals surface area contributed by atoms with Gasteiger partial charge in [-0.05, 0) is 43.5 Å². The fourth-order valence-corrected chi connectivity index (χ4v) is 2.26. The number of pyridine rings is 1. The van der Waals surface area contributed by atoms with Crippen LogP contribution in [0, 0.1) is 6.92 Å². The summed E-state index contributed by atoms with van der Waals surface area (Å²) >= 11 is 0. The highest BCUT2D eigenvalue weighted by Crippen LogP contribution is 2.21. The zero-order chi connectivity index (χ0) is 16.2. The molecule has 118 valence electrons. The van der Waals surface area contributed by atoms with Gasteiger partial charge in [0.05, 0.1) is 17.7 Å². The molecule has 0 spiro atoms. The second-order valence-corrected chi connectivity index (χ2v) is 5.83. The zero-order valence-corrected chi connectivity index (χ0v) is 13.0. The molecule has 0 radical (unpaired) electrons. The van der Waals surface area contributed by atoms with Crippen molar-refractivity contribution in [2.24, 2.45) is 0 Å². The lowest BCUT2D eigenvalue weighted by atomic mass is 10.1. The van der Waals surface area contributed by atoms with E-state index >= 15 is 0 Å². The summed E-state index contributed by atoms with van der Waals surface area (Å²) in [6.07, 6.45) is 3.98. The summed E-state index contributed by atoms with van der Waals surface area (Å²) in [5.41, 5.74) is 2.79. The Morgan fingerprint density at radius 3 is 2.65 bits per heavy atom. The molecule has 5 heteroatoms. The van der Waals surface area contributed by atoms with Crippen LogP contribution >= 0.6 is 0 Å². The molecule has 0 aliphatic heterocycles. The lowest BCUT2D eigenvalue weighted by molar-refractivity contribution is -0.115. The van der Waals surface area contributed by atoms with Crippen molar-refractivity contribution in [1.82, 2.24) is 10.3 Å². The van der Waals surface area contributed by atoms with Crippen molar-refractivity contribution < 1.29 is 9.59 Å². The number of aromatic nitrogens is 1. The van der Waals surface area contributed by atoms with E-state index < -0.39 is 0 Å². The zero-order valence-electron chi connectivity index (χ0n) is 13.0. The molecule has 1 aromatic heterocycles. The summed E-state index contributed by atoms with van der Waals surface area (Å²) in [5, 5.41) is 5.76. The average molecular weight is 309 g/mol. The summed E-state index contributed by atoms with van der Waals surface area (Å²) in [5.74, 6) is -0.303. The number of carbonyl (C=O) groups excluding carboxylic acids is 2. The average Bonchev–Trinajstić information content (AvgIpc) is 3.34. The summed E-state index contributed by atoms with van der Waals surface area (Å²) < 4.78 is 0. The van der Waals surface area contributed by atoms with Gasteiger partial charge >= 0.3 is 0 Å². The van der Waals surface area contributed by atoms with Crippen LogP contribution in [-0.2, 0) is 11.2 Å². The molecular formula is C18H19N3O2. The van der Waals surface area contributed by atoms with Crippen LogP contribution in [0.2, 0.25) is 0 Å². The number of amides is 2. The minimum Gasteiger partial charge on any atom is -0.349 e. The first-order chi connectivity index (χ1) is 11.1. The summed E-state index contributed by atoms with van der Waals surface area (Å²) in [6, 6.07) is 11.1. The van der Waals surface area contributed by atoms with Crippen molar-refractivity contribution in [1.29, 1.82) is 0 Å². The molecule has 1 aliphatic carbocycles. The van der Waals surface area contributed by atoms with Crippen LogP contribution in [0.1, 0.15) is 34.5 Å². The fourth-order valence-electron chi connectivity index (χ4n) is 2.26. The van der Waals surface area contributed by atoms with Crippen LogP contribution in [0.15, 0.2) is 42.6 Å². The summed E-state index contributed by atoms with van der Waals surface area (Å²) in [7, 11) is 0. The van der Waals surface area contributed by atoms with Gasteiger partial charge in [0, 0.05) is 17.9 Å². The number of rotatable bonds is 5. The van der Waals surface area contributed by atoms with Crippen LogP contribution in [0.3, 0.4) is 0 Å². The van der Waals surface area contributed by atoms with E-state index in [4.69, 9.17) is 0 Å². The third kappa shape index (κ3) is 4.16. The van der Waals surface area contributed by atoms with Crippen LogP contribution in [-0.4, -0.2) is 22.8 Å². The van der Waals surface area contributed by atoms with E-state index in [0.717, 1.165) is 24.1 Å². The number of carbonyl (C=O) groups is 2. The van der Waals surface area contributed by atoms with Crippen molar-refractivity contribution >= 4 is 17.5 Å². The van der Waals surface area contributed by atoms with E-state index in [1.165, 1.54) is 0 Å². The molecular weight excluding hydrogens is 290 g/mol. The van der Waals surface area contributed by atoms with Crippen LogP contribution in [0.4, 0.5) is 5.69 Å². The first-order valence-electron chi connectivity index (χ1n) is 7.73. The number of para-hydroxylation sites is 1. The first kappa shape index (κ1) is 15.2. The Balaban J connectivity index is 1.67. The van der Waals surface area contributed by atoms with Gasteiger partial charge in [0.15, 0.2) is 0 Å². The number of nitrogens with one attached hydrogen (secondary N) is 2.